The second-order valence-electron chi connectivity index (χ2n) is 5.64. The summed E-state index contributed by atoms with van der Waals surface area (Å²) in [6.07, 6.45) is 4.26. The first-order valence-electron chi connectivity index (χ1n) is 7.28. The van der Waals surface area contributed by atoms with Crippen LogP contribution >= 0.6 is 0 Å². The average molecular weight is 294 g/mol. The minimum absolute atomic E-state index is 0.0550. The zero-order chi connectivity index (χ0) is 15.4. The number of hydrogen-bond donors (Lipinski definition) is 2. The molecule has 1 aliphatic rings. The number of aliphatic carboxylic acids is 1. The van der Waals surface area contributed by atoms with Gasteiger partial charge in [0.1, 0.15) is 5.76 Å². The van der Waals surface area contributed by atoms with Crippen molar-refractivity contribution in [1.29, 1.82) is 0 Å². The zero-order valence-corrected chi connectivity index (χ0v) is 12.4. The molecule has 6 nitrogen and oxygen atoms in total. The zero-order valence-electron chi connectivity index (χ0n) is 12.4. The van der Waals surface area contributed by atoms with Crippen LogP contribution in [0.25, 0.3) is 0 Å². The molecular weight excluding hydrogens is 272 g/mol. The first-order chi connectivity index (χ1) is 9.99. The molecule has 1 aromatic heterocycles. The number of furan rings is 1. The highest BCUT2D eigenvalue weighted by molar-refractivity contribution is 5.75. The molecule has 2 N–H and O–H groups in total. The minimum Gasteiger partial charge on any atom is -0.481 e. The number of hydrogen-bond acceptors (Lipinski definition) is 3. The molecule has 0 bridgehead atoms. The van der Waals surface area contributed by atoms with Gasteiger partial charge >= 0.3 is 12.0 Å². The molecule has 0 radical (unpaired) electrons. The monoisotopic (exact) mass is 294 g/mol. The van der Waals surface area contributed by atoms with Gasteiger partial charge in [-0.1, -0.05) is 0 Å². The highest BCUT2D eigenvalue weighted by Crippen LogP contribution is 2.25. The third kappa shape index (κ3) is 3.77. The van der Waals surface area contributed by atoms with Crippen molar-refractivity contribution in [1.82, 2.24) is 10.2 Å². The van der Waals surface area contributed by atoms with E-state index in [1.54, 1.807) is 24.3 Å². The Morgan fingerprint density at radius 3 is 2.57 bits per heavy atom. The van der Waals surface area contributed by atoms with Crippen LogP contribution in [0.1, 0.15) is 44.4 Å². The molecule has 2 amide bonds. The average Bonchev–Trinajstić information content (AvgIpc) is 3.00. The first-order valence-corrected chi connectivity index (χ1v) is 7.28. The largest absolute Gasteiger partial charge is 0.481 e. The van der Waals surface area contributed by atoms with Gasteiger partial charge in [-0.15, -0.1) is 0 Å². The fraction of sp³-hybridized carbons (Fsp3) is 0.600. The van der Waals surface area contributed by atoms with Gasteiger partial charge in [0.15, 0.2) is 0 Å². The molecule has 1 aliphatic carbocycles. The molecule has 1 saturated carbocycles. The van der Waals surface area contributed by atoms with Gasteiger partial charge in [-0.05, 0) is 44.7 Å². The predicted molar refractivity (Wildman–Crippen MR) is 76.8 cm³/mol. The smallest absolute Gasteiger partial charge is 0.317 e. The van der Waals surface area contributed by atoms with Gasteiger partial charge in [-0.2, -0.15) is 0 Å². The van der Waals surface area contributed by atoms with E-state index in [1.807, 2.05) is 13.0 Å². The van der Waals surface area contributed by atoms with E-state index in [0.717, 1.165) is 5.76 Å². The fourth-order valence-corrected chi connectivity index (χ4v) is 2.66. The van der Waals surface area contributed by atoms with Gasteiger partial charge in [0, 0.05) is 13.1 Å². The summed E-state index contributed by atoms with van der Waals surface area (Å²) in [6, 6.07) is 3.39. The normalized spacial score (nSPS) is 23.3. The van der Waals surface area contributed by atoms with Crippen LogP contribution in [0.4, 0.5) is 4.79 Å². The van der Waals surface area contributed by atoms with Crippen LogP contribution in [-0.2, 0) is 4.79 Å². The maximum absolute atomic E-state index is 12.2. The summed E-state index contributed by atoms with van der Waals surface area (Å²) in [6.45, 7) is 1.90. The molecule has 0 spiro atoms. The summed E-state index contributed by atoms with van der Waals surface area (Å²) >= 11 is 0. The number of nitrogens with zero attached hydrogens (tertiary/aromatic N) is 1. The lowest BCUT2D eigenvalue weighted by atomic mass is 9.86. The van der Waals surface area contributed by atoms with Crippen LogP contribution in [0.5, 0.6) is 0 Å². The number of urea groups is 1. The fourth-order valence-electron chi connectivity index (χ4n) is 2.66. The van der Waals surface area contributed by atoms with Crippen molar-refractivity contribution in [3.63, 3.8) is 0 Å². The van der Waals surface area contributed by atoms with E-state index in [-0.39, 0.29) is 24.0 Å². The topological polar surface area (TPSA) is 82.8 Å². The van der Waals surface area contributed by atoms with Gasteiger partial charge in [0.05, 0.1) is 18.2 Å². The van der Waals surface area contributed by atoms with E-state index < -0.39 is 5.97 Å². The summed E-state index contributed by atoms with van der Waals surface area (Å²) in [5.41, 5.74) is 0. The Hall–Kier alpha value is -1.98. The van der Waals surface area contributed by atoms with E-state index in [9.17, 15) is 9.59 Å². The number of rotatable bonds is 4. The highest BCUT2D eigenvalue weighted by Gasteiger charge is 2.28. The Morgan fingerprint density at radius 2 is 2.05 bits per heavy atom. The van der Waals surface area contributed by atoms with Crippen molar-refractivity contribution in [2.24, 2.45) is 5.92 Å². The molecule has 1 fully saturated rings. The molecule has 0 aliphatic heterocycles. The summed E-state index contributed by atoms with van der Waals surface area (Å²) < 4.78 is 5.31. The number of carbonyl (C=O) groups excluding carboxylic acids is 1. The van der Waals surface area contributed by atoms with Crippen molar-refractivity contribution >= 4 is 12.0 Å². The highest BCUT2D eigenvalue weighted by atomic mass is 16.4. The molecule has 0 aromatic carbocycles. The van der Waals surface area contributed by atoms with Crippen molar-refractivity contribution in [2.75, 3.05) is 7.05 Å². The molecular formula is C15H22N2O4. The standard InChI is InChI=1S/C15H22N2O4/c1-10(13-4-3-9-21-13)17(2)15(20)16-12-7-5-11(6-8-12)14(18)19/h3-4,9-12H,5-8H2,1-2H3,(H,16,20)(H,18,19). The molecule has 21 heavy (non-hydrogen) atoms. The first kappa shape index (κ1) is 15.4. The van der Waals surface area contributed by atoms with E-state index in [4.69, 9.17) is 9.52 Å². The second-order valence-corrected chi connectivity index (χ2v) is 5.64. The van der Waals surface area contributed by atoms with Crippen LogP contribution in [0.3, 0.4) is 0 Å². The third-order valence-corrected chi connectivity index (χ3v) is 4.26. The van der Waals surface area contributed by atoms with E-state index in [1.165, 1.54) is 0 Å². The molecule has 1 atom stereocenters. The molecule has 1 aromatic rings. The van der Waals surface area contributed by atoms with Gasteiger partial charge in [-0.3, -0.25) is 4.79 Å². The number of carboxylic acid groups (broad SMARTS) is 1. The van der Waals surface area contributed by atoms with Crippen molar-refractivity contribution < 1.29 is 19.1 Å². The summed E-state index contributed by atoms with van der Waals surface area (Å²) in [5, 5.41) is 11.9. The van der Waals surface area contributed by atoms with Crippen molar-refractivity contribution in [3.05, 3.63) is 24.2 Å². The van der Waals surface area contributed by atoms with E-state index in [0.29, 0.717) is 25.7 Å². The number of carbonyl (C=O) groups is 2. The Labute approximate surface area is 124 Å². The predicted octanol–water partition coefficient (Wildman–Crippen LogP) is 2.63. The van der Waals surface area contributed by atoms with Crippen molar-refractivity contribution in [3.8, 4) is 0 Å². The molecule has 6 heteroatoms. The van der Waals surface area contributed by atoms with Crippen molar-refractivity contribution in [2.45, 2.75) is 44.7 Å². The minimum atomic E-state index is -0.733. The van der Waals surface area contributed by atoms with Gasteiger partial charge in [-0.25, -0.2) is 4.79 Å². The molecule has 1 unspecified atom stereocenters. The van der Waals surface area contributed by atoms with Crippen LogP contribution in [0.2, 0.25) is 0 Å². The van der Waals surface area contributed by atoms with Gasteiger partial charge in [0.25, 0.3) is 0 Å². The van der Waals surface area contributed by atoms with Gasteiger partial charge in [0.2, 0.25) is 0 Å². The Bertz CT molecular complexity index is 478. The van der Waals surface area contributed by atoms with E-state index >= 15 is 0 Å². The van der Waals surface area contributed by atoms with Gasteiger partial charge < -0.3 is 19.7 Å². The lowest BCUT2D eigenvalue weighted by Gasteiger charge is -2.30. The lowest BCUT2D eigenvalue weighted by Crippen LogP contribution is -2.45. The summed E-state index contributed by atoms with van der Waals surface area (Å²) in [5.74, 6) is -0.261. The lowest BCUT2D eigenvalue weighted by molar-refractivity contribution is -0.142. The summed E-state index contributed by atoms with van der Waals surface area (Å²) in [7, 11) is 1.73. The molecule has 2 rings (SSSR count). The third-order valence-electron chi connectivity index (χ3n) is 4.26. The van der Waals surface area contributed by atoms with E-state index in [2.05, 4.69) is 5.32 Å². The molecule has 1 heterocycles. The van der Waals surface area contributed by atoms with Crippen LogP contribution in [0.15, 0.2) is 22.8 Å². The SMILES string of the molecule is CC(c1ccco1)N(C)C(=O)NC1CCC(C(=O)O)CC1. The summed E-state index contributed by atoms with van der Waals surface area (Å²) in [4.78, 5) is 24.7. The number of nitrogens with one attached hydrogen (secondary N) is 1. The van der Waals surface area contributed by atoms with Crippen LogP contribution in [0, 0.1) is 5.92 Å². The Balaban J connectivity index is 1.83. The molecule has 116 valence electrons. The maximum Gasteiger partial charge on any atom is 0.317 e. The second kappa shape index (κ2) is 6.65. The number of amides is 2. The Kier molecular flexibility index (Phi) is 4.88. The number of carboxylic acids is 1. The molecule has 0 saturated heterocycles. The van der Waals surface area contributed by atoms with Crippen LogP contribution < -0.4 is 5.32 Å². The van der Waals surface area contributed by atoms with Crippen LogP contribution in [-0.4, -0.2) is 35.1 Å². The Morgan fingerprint density at radius 1 is 1.38 bits per heavy atom. The maximum atomic E-state index is 12.2. The quantitative estimate of drug-likeness (QED) is 0.894.